The third kappa shape index (κ3) is 1.77. The fourth-order valence-corrected chi connectivity index (χ4v) is 1.81. The molecule has 1 aromatic rings. The van der Waals surface area contributed by atoms with Gasteiger partial charge in [-0.2, -0.15) is 0 Å². The molecule has 0 bridgehead atoms. The zero-order chi connectivity index (χ0) is 12.8. The minimum Gasteiger partial charge on any atom is -0.481 e. The van der Waals surface area contributed by atoms with Crippen LogP contribution in [0.25, 0.3) is 0 Å². The van der Waals surface area contributed by atoms with E-state index in [1.165, 1.54) is 0 Å². The Hall–Kier alpha value is -1.59. The quantitative estimate of drug-likeness (QED) is 0.835. The van der Waals surface area contributed by atoms with Gasteiger partial charge in [-0.1, -0.05) is 0 Å². The van der Waals surface area contributed by atoms with Gasteiger partial charge >= 0.3 is 5.97 Å². The lowest BCUT2D eigenvalue weighted by atomic mass is 9.93. The molecule has 2 nitrogen and oxygen atoms in total. The topological polar surface area (TPSA) is 37.3 Å². The van der Waals surface area contributed by atoms with E-state index in [4.69, 9.17) is 5.11 Å². The summed E-state index contributed by atoms with van der Waals surface area (Å²) >= 11 is 0. The molecule has 0 heterocycles. The van der Waals surface area contributed by atoms with Crippen molar-refractivity contribution < 1.29 is 27.5 Å². The Labute approximate surface area is 93.9 Å². The third-order valence-corrected chi connectivity index (χ3v) is 2.98. The van der Waals surface area contributed by atoms with Gasteiger partial charge in [-0.25, -0.2) is 17.6 Å². The standard InChI is InChI=1S/C11H8F4O2/c12-7-4-5(9(14)15)3-6(8(7)13)11(1-2-11)10(16)17/h3-4,9H,1-2H2,(H,16,17). The molecule has 1 aliphatic carbocycles. The first-order chi connectivity index (χ1) is 7.88. The highest BCUT2D eigenvalue weighted by atomic mass is 19.3. The predicted octanol–water partition coefficient (Wildman–Crippen LogP) is 3.02. The van der Waals surface area contributed by atoms with Crippen LogP contribution >= 0.6 is 0 Å². The van der Waals surface area contributed by atoms with E-state index < -0.39 is 40.6 Å². The maximum Gasteiger partial charge on any atom is 0.314 e. The van der Waals surface area contributed by atoms with Crippen LogP contribution < -0.4 is 0 Å². The van der Waals surface area contributed by atoms with E-state index in [0.717, 1.165) is 6.07 Å². The largest absolute Gasteiger partial charge is 0.481 e. The van der Waals surface area contributed by atoms with Crippen LogP contribution in [0.15, 0.2) is 12.1 Å². The molecular weight excluding hydrogens is 240 g/mol. The molecule has 0 atom stereocenters. The van der Waals surface area contributed by atoms with Gasteiger partial charge in [0, 0.05) is 11.1 Å². The number of carboxylic acid groups (broad SMARTS) is 1. The Bertz CT molecular complexity index is 481. The first kappa shape index (κ1) is 11.9. The van der Waals surface area contributed by atoms with Crippen molar-refractivity contribution in [1.82, 2.24) is 0 Å². The smallest absolute Gasteiger partial charge is 0.314 e. The first-order valence-corrected chi connectivity index (χ1v) is 4.89. The van der Waals surface area contributed by atoms with Crippen LogP contribution in [0.1, 0.15) is 30.4 Å². The van der Waals surface area contributed by atoms with Gasteiger partial charge in [0.15, 0.2) is 11.6 Å². The molecule has 92 valence electrons. The lowest BCUT2D eigenvalue weighted by Crippen LogP contribution is -2.22. The molecule has 2 rings (SSSR count). The Morgan fingerprint density at radius 2 is 1.88 bits per heavy atom. The monoisotopic (exact) mass is 248 g/mol. The van der Waals surface area contributed by atoms with Crippen molar-refractivity contribution in [1.29, 1.82) is 0 Å². The summed E-state index contributed by atoms with van der Waals surface area (Å²) in [6.45, 7) is 0. The SMILES string of the molecule is O=C(O)C1(c2cc(C(F)F)cc(F)c2F)CC1. The van der Waals surface area contributed by atoms with Gasteiger partial charge in [-0.3, -0.25) is 4.79 Å². The molecule has 0 aromatic heterocycles. The minimum atomic E-state index is -2.96. The van der Waals surface area contributed by atoms with Crippen LogP contribution in [0.5, 0.6) is 0 Å². The highest BCUT2D eigenvalue weighted by Gasteiger charge is 2.53. The third-order valence-electron chi connectivity index (χ3n) is 2.98. The number of rotatable bonds is 3. The van der Waals surface area contributed by atoms with Gasteiger partial charge in [0.1, 0.15) is 0 Å². The molecule has 0 radical (unpaired) electrons. The van der Waals surface area contributed by atoms with E-state index in [-0.39, 0.29) is 12.8 Å². The Balaban J connectivity index is 2.57. The zero-order valence-electron chi connectivity index (χ0n) is 8.51. The molecule has 0 aliphatic heterocycles. The molecule has 17 heavy (non-hydrogen) atoms. The first-order valence-electron chi connectivity index (χ1n) is 4.89. The van der Waals surface area contributed by atoms with Gasteiger partial charge < -0.3 is 5.11 Å². The number of benzene rings is 1. The summed E-state index contributed by atoms with van der Waals surface area (Å²) in [5.74, 6) is -4.11. The average molecular weight is 248 g/mol. The van der Waals surface area contributed by atoms with Crippen molar-refractivity contribution in [3.63, 3.8) is 0 Å². The molecule has 1 N–H and O–H groups in total. The van der Waals surface area contributed by atoms with Crippen LogP contribution in [0.2, 0.25) is 0 Å². The zero-order valence-corrected chi connectivity index (χ0v) is 8.51. The summed E-state index contributed by atoms with van der Waals surface area (Å²) in [4.78, 5) is 11.0. The number of hydrogen-bond acceptors (Lipinski definition) is 1. The number of carbonyl (C=O) groups is 1. The van der Waals surface area contributed by atoms with Crippen molar-refractivity contribution in [2.45, 2.75) is 24.7 Å². The fourth-order valence-electron chi connectivity index (χ4n) is 1.81. The molecular formula is C11H8F4O2. The molecule has 6 heteroatoms. The van der Waals surface area contributed by atoms with Crippen LogP contribution in [0, 0.1) is 11.6 Å². The molecule has 1 aromatic carbocycles. The van der Waals surface area contributed by atoms with Gasteiger partial charge in [0.25, 0.3) is 6.43 Å². The Kier molecular flexibility index (Phi) is 2.60. The van der Waals surface area contributed by atoms with Gasteiger partial charge in [-0.05, 0) is 25.0 Å². The van der Waals surface area contributed by atoms with E-state index in [9.17, 15) is 22.4 Å². The lowest BCUT2D eigenvalue weighted by Gasteiger charge is -2.13. The maximum absolute atomic E-state index is 13.5. The van der Waals surface area contributed by atoms with Gasteiger partial charge in [0.2, 0.25) is 0 Å². The fraction of sp³-hybridized carbons (Fsp3) is 0.364. The second-order valence-corrected chi connectivity index (χ2v) is 4.05. The molecule has 0 spiro atoms. The van der Waals surface area contributed by atoms with Crippen LogP contribution in [-0.2, 0) is 10.2 Å². The number of carboxylic acids is 1. The number of aliphatic carboxylic acids is 1. The Morgan fingerprint density at radius 3 is 2.29 bits per heavy atom. The molecule has 1 aliphatic rings. The van der Waals surface area contributed by atoms with Crippen molar-refractivity contribution in [3.05, 3.63) is 34.9 Å². The van der Waals surface area contributed by atoms with Gasteiger partial charge in [-0.15, -0.1) is 0 Å². The summed E-state index contributed by atoms with van der Waals surface area (Å²) in [6.07, 6.45) is -2.70. The van der Waals surface area contributed by atoms with E-state index in [1.807, 2.05) is 0 Å². The van der Waals surface area contributed by atoms with Crippen molar-refractivity contribution >= 4 is 5.97 Å². The van der Waals surface area contributed by atoms with Crippen molar-refractivity contribution in [2.75, 3.05) is 0 Å². The molecule has 0 saturated heterocycles. The number of alkyl halides is 2. The highest BCUT2D eigenvalue weighted by Crippen LogP contribution is 2.50. The summed E-state index contributed by atoms with van der Waals surface area (Å²) in [6, 6.07) is 1.13. The van der Waals surface area contributed by atoms with Crippen molar-refractivity contribution in [2.24, 2.45) is 0 Å². The number of halogens is 4. The van der Waals surface area contributed by atoms with E-state index in [2.05, 4.69) is 0 Å². The van der Waals surface area contributed by atoms with Gasteiger partial charge in [0.05, 0.1) is 5.41 Å². The normalized spacial score (nSPS) is 17.2. The minimum absolute atomic E-state index is 0.130. The summed E-state index contributed by atoms with van der Waals surface area (Å²) < 4.78 is 51.4. The summed E-state index contributed by atoms with van der Waals surface area (Å²) in [5.41, 5.74) is -2.72. The predicted molar refractivity (Wildman–Crippen MR) is 49.9 cm³/mol. The lowest BCUT2D eigenvalue weighted by molar-refractivity contribution is -0.140. The molecule has 0 amide bonds. The van der Waals surface area contributed by atoms with Crippen molar-refractivity contribution in [3.8, 4) is 0 Å². The molecule has 0 unspecified atom stereocenters. The van der Waals surface area contributed by atoms with E-state index in [1.54, 1.807) is 0 Å². The van der Waals surface area contributed by atoms with E-state index in [0.29, 0.717) is 6.07 Å². The van der Waals surface area contributed by atoms with Crippen LogP contribution in [0.3, 0.4) is 0 Å². The summed E-state index contributed by atoms with van der Waals surface area (Å²) in [5, 5.41) is 8.93. The highest BCUT2D eigenvalue weighted by molar-refractivity contribution is 5.85. The average Bonchev–Trinajstić information content (AvgIpc) is 3.02. The van der Waals surface area contributed by atoms with Crippen LogP contribution in [0.4, 0.5) is 17.6 Å². The second-order valence-electron chi connectivity index (χ2n) is 4.05. The second kappa shape index (κ2) is 3.72. The molecule has 1 fully saturated rings. The summed E-state index contributed by atoms with van der Waals surface area (Å²) in [7, 11) is 0. The van der Waals surface area contributed by atoms with E-state index >= 15 is 0 Å². The Morgan fingerprint density at radius 1 is 1.29 bits per heavy atom. The van der Waals surface area contributed by atoms with Crippen LogP contribution in [-0.4, -0.2) is 11.1 Å². The molecule has 1 saturated carbocycles. The number of hydrogen-bond donors (Lipinski definition) is 1. The maximum atomic E-state index is 13.5.